The molecule has 2 aromatic rings. The van der Waals surface area contributed by atoms with Crippen LogP contribution in [0.5, 0.6) is 11.5 Å². The van der Waals surface area contributed by atoms with E-state index >= 15 is 0 Å². The van der Waals surface area contributed by atoms with Crippen LogP contribution in [0.15, 0.2) is 36.4 Å². The summed E-state index contributed by atoms with van der Waals surface area (Å²) in [5.74, 6) is -2.44. The van der Waals surface area contributed by atoms with Gasteiger partial charge in [-0.25, -0.2) is 8.78 Å². The Morgan fingerprint density at radius 1 is 1.08 bits per heavy atom. The first kappa shape index (κ1) is 18.6. The highest BCUT2D eigenvalue weighted by Crippen LogP contribution is 2.29. The first-order valence-corrected chi connectivity index (χ1v) is 7.20. The van der Waals surface area contributed by atoms with Crippen LogP contribution in [0.2, 0.25) is 0 Å². The van der Waals surface area contributed by atoms with Gasteiger partial charge in [0.1, 0.15) is 11.6 Å². The number of methoxy groups -OCH3 is 1. The molecule has 0 aliphatic carbocycles. The van der Waals surface area contributed by atoms with E-state index in [0.717, 1.165) is 12.1 Å². The van der Waals surface area contributed by atoms with Gasteiger partial charge in [0.15, 0.2) is 11.5 Å². The van der Waals surface area contributed by atoms with Crippen LogP contribution in [-0.4, -0.2) is 19.6 Å². The zero-order valence-corrected chi connectivity index (χ0v) is 13.4. The first-order valence-electron chi connectivity index (χ1n) is 7.20. The Labute approximate surface area is 141 Å². The maximum absolute atomic E-state index is 13.7. The van der Waals surface area contributed by atoms with Crippen LogP contribution in [0.25, 0.3) is 0 Å². The molecule has 4 nitrogen and oxygen atoms in total. The van der Waals surface area contributed by atoms with Crippen molar-refractivity contribution in [2.75, 3.05) is 7.11 Å². The minimum Gasteiger partial charge on any atom is -0.493 e. The second-order valence-corrected chi connectivity index (χ2v) is 5.11. The molecule has 0 fully saturated rings. The van der Waals surface area contributed by atoms with Gasteiger partial charge in [0.2, 0.25) is 0 Å². The lowest BCUT2D eigenvalue weighted by atomic mass is 10.1. The number of rotatable bonds is 6. The minimum atomic E-state index is -3.08. The fraction of sp³-hybridized carbons (Fsp3) is 0.235. The molecule has 0 radical (unpaired) electrons. The predicted molar refractivity (Wildman–Crippen MR) is 81.9 cm³/mol. The van der Waals surface area contributed by atoms with E-state index in [2.05, 4.69) is 10.1 Å². The van der Waals surface area contributed by atoms with E-state index in [1.807, 2.05) is 0 Å². The Balaban J connectivity index is 2.19. The molecule has 0 spiro atoms. The van der Waals surface area contributed by atoms with Gasteiger partial charge >= 0.3 is 6.61 Å². The third-order valence-electron chi connectivity index (χ3n) is 3.42. The third kappa shape index (κ3) is 4.62. The highest BCUT2D eigenvalue weighted by Gasteiger charge is 2.18. The maximum atomic E-state index is 13.7. The van der Waals surface area contributed by atoms with Crippen molar-refractivity contribution < 1.29 is 31.8 Å². The monoisotopic (exact) mass is 357 g/mol. The number of amides is 1. The molecular weight excluding hydrogens is 342 g/mol. The van der Waals surface area contributed by atoms with Crippen LogP contribution < -0.4 is 14.8 Å². The van der Waals surface area contributed by atoms with Gasteiger partial charge in [0.05, 0.1) is 13.2 Å². The molecule has 1 atom stereocenters. The average molecular weight is 357 g/mol. The minimum absolute atomic E-state index is 0.0193. The van der Waals surface area contributed by atoms with E-state index in [0.29, 0.717) is 6.07 Å². The number of carbonyl (C=O) groups is 1. The third-order valence-corrected chi connectivity index (χ3v) is 3.42. The zero-order valence-electron chi connectivity index (χ0n) is 13.4. The molecular formula is C17H15F4NO3. The van der Waals surface area contributed by atoms with E-state index in [4.69, 9.17) is 4.74 Å². The molecule has 0 aliphatic heterocycles. The number of hydrogen-bond donors (Lipinski definition) is 1. The number of hydrogen-bond acceptors (Lipinski definition) is 3. The summed E-state index contributed by atoms with van der Waals surface area (Å²) >= 11 is 0. The van der Waals surface area contributed by atoms with Crippen molar-refractivity contribution >= 4 is 5.91 Å². The summed E-state index contributed by atoms with van der Waals surface area (Å²) in [5, 5.41) is 2.51. The van der Waals surface area contributed by atoms with Gasteiger partial charge in [-0.2, -0.15) is 8.78 Å². The molecule has 0 bridgehead atoms. The van der Waals surface area contributed by atoms with Crippen LogP contribution in [0.1, 0.15) is 28.9 Å². The van der Waals surface area contributed by atoms with Gasteiger partial charge in [-0.3, -0.25) is 4.79 Å². The molecule has 1 N–H and O–H groups in total. The smallest absolute Gasteiger partial charge is 0.387 e. The van der Waals surface area contributed by atoms with E-state index in [-0.39, 0.29) is 22.6 Å². The van der Waals surface area contributed by atoms with Crippen LogP contribution in [-0.2, 0) is 0 Å². The standard InChI is InChI=1S/C17H15F4NO3/c1-9(12-5-4-11(18)8-13(12)19)22-16(23)10-3-6-14(24-2)15(7-10)25-17(20)21/h3-9,17H,1-2H3,(H,22,23). The Bertz CT molecular complexity index is 768. The quantitative estimate of drug-likeness (QED) is 0.793. The largest absolute Gasteiger partial charge is 0.493 e. The lowest BCUT2D eigenvalue weighted by Crippen LogP contribution is -2.27. The molecule has 2 aromatic carbocycles. The second-order valence-electron chi connectivity index (χ2n) is 5.11. The molecule has 0 heterocycles. The predicted octanol–water partition coefficient (Wildman–Crippen LogP) is 4.07. The van der Waals surface area contributed by atoms with Crippen LogP contribution in [0, 0.1) is 11.6 Å². The second kappa shape index (κ2) is 7.87. The van der Waals surface area contributed by atoms with E-state index in [1.165, 1.54) is 32.2 Å². The lowest BCUT2D eigenvalue weighted by Gasteiger charge is -2.16. The van der Waals surface area contributed by atoms with Crippen molar-refractivity contribution in [2.24, 2.45) is 0 Å². The normalized spacial score (nSPS) is 12.0. The van der Waals surface area contributed by atoms with Crippen molar-refractivity contribution in [3.05, 3.63) is 59.2 Å². The molecule has 0 aliphatic rings. The van der Waals surface area contributed by atoms with Gasteiger partial charge in [0, 0.05) is 17.2 Å². The number of nitrogens with one attached hydrogen (secondary N) is 1. The van der Waals surface area contributed by atoms with Crippen LogP contribution in [0.3, 0.4) is 0 Å². The number of ether oxygens (including phenoxy) is 2. The molecule has 2 rings (SSSR count). The average Bonchev–Trinajstić information content (AvgIpc) is 2.53. The summed E-state index contributed by atoms with van der Waals surface area (Å²) in [6.07, 6.45) is 0. The highest BCUT2D eigenvalue weighted by molar-refractivity contribution is 5.95. The topological polar surface area (TPSA) is 47.6 Å². The molecule has 134 valence electrons. The summed E-state index contributed by atoms with van der Waals surface area (Å²) in [7, 11) is 1.27. The van der Waals surface area contributed by atoms with Crippen molar-refractivity contribution in [1.82, 2.24) is 5.32 Å². The molecule has 25 heavy (non-hydrogen) atoms. The molecule has 1 unspecified atom stereocenters. The summed E-state index contributed by atoms with van der Waals surface area (Å²) in [4.78, 5) is 12.3. The number of benzene rings is 2. The fourth-order valence-corrected chi connectivity index (χ4v) is 2.22. The summed E-state index contributed by atoms with van der Waals surface area (Å²) in [5.41, 5.74) is 0.109. The molecule has 0 saturated heterocycles. The molecule has 0 aromatic heterocycles. The van der Waals surface area contributed by atoms with Gasteiger partial charge in [0.25, 0.3) is 5.91 Å². The van der Waals surface area contributed by atoms with Crippen molar-refractivity contribution in [3.63, 3.8) is 0 Å². The molecule has 0 saturated carbocycles. The first-order chi connectivity index (χ1) is 11.8. The van der Waals surface area contributed by atoms with Gasteiger partial charge in [-0.1, -0.05) is 6.07 Å². The number of alkyl halides is 2. The van der Waals surface area contributed by atoms with Gasteiger partial charge in [-0.15, -0.1) is 0 Å². The summed E-state index contributed by atoms with van der Waals surface area (Å²) in [6.45, 7) is -1.58. The number of halogens is 4. The Kier molecular flexibility index (Phi) is 5.84. The Morgan fingerprint density at radius 3 is 2.40 bits per heavy atom. The lowest BCUT2D eigenvalue weighted by molar-refractivity contribution is -0.0512. The van der Waals surface area contributed by atoms with Crippen molar-refractivity contribution in [2.45, 2.75) is 19.6 Å². The fourth-order valence-electron chi connectivity index (χ4n) is 2.22. The Hall–Kier alpha value is -2.77. The van der Waals surface area contributed by atoms with Crippen molar-refractivity contribution in [1.29, 1.82) is 0 Å². The molecule has 1 amide bonds. The SMILES string of the molecule is COc1ccc(C(=O)NC(C)c2ccc(F)cc2F)cc1OC(F)F. The summed E-state index contributed by atoms with van der Waals surface area (Å²) < 4.78 is 60.7. The van der Waals surface area contributed by atoms with Gasteiger partial charge in [-0.05, 0) is 31.2 Å². The highest BCUT2D eigenvalue weighted by atomic mass is 19.3. The Morgan fingerprint density at radius 2 is 1.80 bits per heavy atom. The number of carbonyl (C=O) groups excluding carboxylic acids is 1. The zero-order chi connectivity index (χ0) is 18.6. The van der Waals surface area contributed by atoms with Crippen LogP contribution in [0.4, 0.5) is 17.6 Å². The van der Waals surface area contributed by atoms with Gasteiger partial charge < -0.3 is 14.8 Å². The van der Waals surface area contributed by atoms with Crippen LogP contribution >= 0.6 is 0 Å². The van der Waals surface area contributed by atoms with E-state index in [9.17, 15) is 22.4 Å². The summed E-state index contributed by atoms with van der Waals surface area (Å²) in [6, 6.07) is 5.97. The van der Waals surface area contributed by atoms with E-state index in [1.54, 1.807) is 0 Å². The maximum Gasteiger partial charge on any atom is 0.387 e. The molecule has 8 heteroatoms. The van der Waals surface area contributed by atoms with Crippen molar-refractivity contribution in [3.8, 4) is 11.5 Å². The van der Waals surface area contributed by atoms with E-state index < -0.39 is 30.2 Å².